The minimum absolute atomic E-state index is 0.00112. The number of rotatable bonds is 5. The summed E-state index contributed by atoms with van der Waals surface area (Å²) in [5.41, 5.74) is 2.43. The number of carbonyl (C=O) groups is 1. The Morgan fingerprint density at radius 3 is 2.45 bits per heavy atom. The Morgan fingerprint density at radius 2 is 1.75 bits per heavy atom. The van der Waals surface area contributed by atoms with E-state index in [0.717, 1.165) is 16.8 Å². The molecule has 0 saturated heterocycles. The summed E-state index contributed by atoms with van der Waals surface area (Å²) in [7, 11) is 0. The summed E-state index contributed by atoms with van der Waals surface area (Å²) in [5.74, 6) is -0.849. The Labute approximate surface area is 127 Å². The first kappa shape index (κ1) is 14.7. The van der Waals surface area contributed by atoms with E-state index in [1.54, 1.807) is 12.1 Å². The van der Waals surface area contributed by atoms with Gasteiger partial charge < -0.3 is 10.4 Å². The van der Waals surface area contributed by atoms with Gasteiger partial charge in [-0.2, -0.15) is 0 Å². The first-order chi connectivity index (χ1) is 9.58. The quantitative estimate of drug-likeness (QED) is 0.869. The van der Waals surface area contributed by atoms with Crippen LogP contribution in [0.1, 0.15) is 11.1 Å². The SMILES string of the molecule is O=C(O)Cc1ccccc1CNc1cccc(Cl)c1Cl. The monoisotopic (exact) mass is 309 g/mol. The largest absolute Gasteiger partial charge is 0.481 e. The van der Waals surface area contributed by atoms with Crippen LogP contribution in [0.15, 0.2) is 42.5 Å². The number of anilines is 1. The highest BCUT2D eigenvalue weighted by Gasteiger charge is 2.08. The fourth-order valence-corrected chi connectivity index (χ4v) is 2.26. The van der Waals surface area contributed by atoms with Gasteiger partial charge in [-0.15, -0.1) is 0 Å². The summed E-state index contributed by atoms with van der Waals surface area (Å²) in [6.07, 6.45) is 0.00112. The minimum Gasteiger partial charge on any atom is -0.481 e. The summed E-state index contributed by atoms with van der Waals surface area (Å²) in [6, 6.07) is 12.8. The fourth-order valence-electron chi connectivity index (χ4n) is 1.90. The van der Waals surface area contributed by atoms with Gasteiger partial charge in [0.15, 0.2) is 0 Å². The van der Waals surface area contributed by atoms with Crippen LogP contribution >= 0.6 is 23.2 Å². The van der Waals surface area contributed by atoms with Gasteiger partial charge in [0.05, 0.1) is 22.2 Å². The van der Waals surface area contributed by atoms with Crippen molar-refractivity contribution in [2.45, 2.75) is 13.0 Å². The Balaban J connectivity index is 2.15. The molecule has 0 aromatic heterocycles. The van der Waals surface area contributed by atoms with Crippen LogP contribution in [0, 0.1) is 0 Å². The van der Waals surface area contributed by atoms with Gasteiger partial charge in [-0.05, 0) is 23.3 Å². The molecule has 3 nitrogen and oxygen atoms in total. The second-order valence-electron chi connectivity index (χ2n) is 4.29. The van der Waals surface area contributed by atoms with Crippen molar-refractivity contribution >= 4 is 34.9 Å². The number of benzene rings is 2. The van der Waals surface area contributed by atoms with E-state index < -0.39 is 5.97 Å². The van der Waals surface area contributed by atoms with Crippen molar-refractivity contribution in [2.75, 3.05) is 5.32 Å². The second kappa shape index (κ2) is 6.64. The van der Waals surface area contributed by atoms with Crippen LogP contribution in [0.5, 0.6) is 0 Å². The van der Waals surface area contributed by atoms with Crippen molar-refractivity contribution in [3.05, 3.63) is 63.6 Å². The smallest absolute Gasteiger partial charge is 0.307 e. The van der Waals surface area contributed by atoms with E-state index in [1.807, 2.05) is 30.3 Å². The van der Waals surface area contributed by atoms with Crippen molar-refractivity contribution in [1.29, 1.82) is 0 Å². The zero-order valence-corrected chi connectivity index (χ0v) is 12.1. The molecule has 0 unspecified atom stereocenters. The van der Waals surface area contributed by atoms with Crippen LogP contribution in [-0.4, -0.2) is 11.1 Å². The van der Waals surface area contributed by atoms with E-state index in [9.17, 15) is 4.79 Å². The maximum atomic E-state index is 10.8. The highest BCUT2D eigenvalue weighted by Crippen LogP contribution is 2.30. The molecule has 0 radical (unpaired) electrons. The predicted octanol–water partition coefficient (Wildman–Crippen LogP) is 4.23. The molecule has 0 amide bonds. The van der Waals surface area contributed by atoms with E-state index in [2.05, 4.69) is 5.32 Å². The molecule has 0 atom stereocenters. The number of hydrogen-bond donors (Lipinski definition) is 2. The van der Waals surface area contributed by atoms with Gasteiger partial charge in [-0.3, -0.25) is 4.79 Å². The highest BCUT2D eigenvalue weighted by molar-refractivity contribution is 6.43. The zero-order valence-electron chi connectivity index (χ0n) is 10.6. The molecule has 0 aliphatic carbocycles. The van der Waals surface area contributed by atoms with Crippen LogP contribution < -0.4 is 5.32 Å². The number of hydrogen-bond acceptors (Lipinski definition) is 2. The maximum absolute atomic E-state index is 10.8. The average molecular weight is 310 g/mol. The Hall–Kier alpha value is -1.71. The fraction of sp³-hybridized carbons (Fsp3) is 0.133. The molecule has 0 aliphatic heterocycles. The van der Waals surface area contributed by atoms with Crippen molar-refractivity contribution in [2.24, 2.45) is 0 Å². The molecular formula is C15H13Cl2NO2. The standard InChI is InChI=1S/C15H13Cl2NO2/c16-12-6-3-7-13(15(12)17)18-9-11-5-2-1-4-10(11)8-14(19)20/h1-7,18H,8-9H2,(H,19,20). The molecule has 2 rings (SSSR count). The second-order valence-corrected chi connectivity index (χ2v) is 5.08. The van der Waals surface area contributed by atoms with Gasteiger partial charge in [-0.25, -0.2) is 0 Å². The van der Waals surface area contributed by atoms with E-state index in [4.69, 9.17) is 28.3 Å². The van der Waals surface area contributed by atoms with Crippen LogP contribution in [0.25, 0.3) is 0 Å². The summed E-state index contributed by atoms with van der Waals surface area (Å²) in [5, 5.41) is 13.0. The van der Waals surface area contributed by atoms with E-state index in [1.165, 1.54) is 0 Å². The van der Waals surface area contributed by atoms with Gasteiger partial charge in [0.25, 0.3) is 0 Å². The Morgan fingerprint density at radius 1 is 1.05 bits per heavy atom. The number of aliphatic carboxylic acids is 1. The normalized spacial score (nSPS) is 10.3. The van der Waals surface area contributed by atoms with Crippen molar-refractivity contribution in [1.82, 2.24) is 0 Å². The lowest BCUT2D eigenvalue weighted by Gasteiger charge is -2.12. The molecule has 2 aromatic rings. The molecule has 0 aliphatic rings. The molecule has 2 aromatic carbocycles. The van der Waals surface area contributed by atoms with Gasteiger partial charge in [-0.1, -0.05) is 53.5 Å². The predicted molar refractivity (Wildman–Crippen MR) is 81.6 cm³/mol. The molecule has 20 heavy (non-hydrogen) atoms. The van der Waals surface area contributed by atoms with Crippen molar-refractivity contribution in [3.63, 3.8) is 0 Å². The van der Waals surface area contributed by atoms with Gasteiger partial charge in [0.1, 0.15) is 0 Å². The summed E-state index contributed by atoms with van der Waals surface area (Å²) >= 11 is 12.0. The van der Waals surface area contributed by atoms with Crippen LogP contribution in [0.3, 0.4) is 0 Å². The molecule has 104 valence electrons. The van der Waals surface area contributed by atoms with Crippen LogP contribution in [-0.2, 0) is 17.8 Å². The molecule has 0 bridgehead atoms. The molecule has 0 fully saturated rings. The molecular weight excluding hydrogens is 297 g/mol. The summed E-state index contributed by atoms with van der Waals surface area (Å²) in [6.45, 7) is 0.490. The number of halogens is 2. The molecule has 0 heterocycles. The minimum atomic E-state index is -0.849. The zero-order chi connectivity index (χ0) is 14.5. The lowest BCUT2D eigenvalue weighted by molar-refractivity contribution is -0.136. The van der Waals surface area contributed by atoms with E-state index >= 15 is 0 Å². The number of carboxylic acids is 1. The van der Waals surface area contributed by atoms with E-state index in [0.29, 0.717) is 16.6 Å². The average Bonchev–Trinajstić information content (AvgIpc) is 2.41. The highest BCUT2D eigenvalue weighted by atomic mass is 35.5. The van der Waals surface area contributed by atoms with Gasteiger partial charge in [0, 0.05) is 6.54 Å². The molecule has 0 spiro atoms. The van der Waals surface area contributed by atoms with Crippen LogP contribution in [0.2, 0.25) is 10.0 Å². The number of carboxylic acid groups (broad SMARTS) is 1. The van der Waals surface area contributed by atoms with E-state index in [-0.39, 0.29) is 6.42 Å². The maximum Gasteiger partial charge on any atom is 0.307 e. The summed E-state index contributed by atoms with van der Waals surface area (Å²) < 4.78 is 0. The number of nitrogens with one attached hydrogen (secondary N) is 1. The van der Waals surface area contributed by atoms with Crippen LogP contribution in [0.4, 0.5) is 5.69 Å². The Kier molecular flexibility index (Phi) is 4.88. The third-order valence-corrected chi connectivity index (χ3v) is 3.70. The van der Waals surface area contributed by atoms with Gasteiger partial charge in [0.2, 0.25) is 0 Å². The van der Waals surface area contributed by atoms with Gasteiger partial charge >= 0.3 is 5.97 Å². The topological polar surface area (TPSA) is 49.3 Å². The molecule has 2 N–H and O–H groups in total. The first-order valence-electron chi connectivity index (χ1n) is 6.04. The molecule has 0 saturated carbocycles. The third-order valence-electron chi connectivity index (χ3n) is 2.88. The lowest BCUT2D eigenvalue weighted by Crippen LogP contribution is -2.07. The summed E-state index contributed by atoms with van der Waals surface area (Å²) in [4.78, 5) is 10.8. The first-order valence-corrected chi connectivity index (χ1v) is 6.80. The lowest BCUT2D eigenvalue weighted by atomic mass is 10.0. The Bertz CT molecular complexity index is 629. The third kappa shape index (κ3) is 3.65. The van der Waals surface area contributed by atoms with Crippen molar-refractivity contribution < 1.29 is 9.90 Å². The van der Waals surface area contributed by atoms with Crippen molar-refractivity contribution in [3.8, 4) is 0 Å². The molecule has 5 heteroatoms.